The Labute approximate surface area is 113 Å². The zero-order valence-electron chi connectivity index (χ0n) is 11.9. The molecule has 0 aromatic rings. The molecule has 0 spiro atoms. The lowest BCUT2D eigenvalue weighted by atomic mass is 10.2. The number of carbonyl (C=O) groups excluding carboxylic acids is 1. The molecule has 1 rings (SSSR count). The van der Waals surface area contributed by atoms with Gasteiger partial charge >= 0.3 is 6.09 Å². The summed E-state index contributed by atoms with van der Waals surface area (Å²) in [6, 6.07) is 0. The fraction of sp³-hybridized carbons (Fsp3) is 0.909. The number of carbonyl (C=O) groups is 1. The average Bonchev–Trinajstić information content (AvgIpc) is 2.55. The van der Waals surface area contributed by atoms with E-state index in [-0.39, 0.29) is 13.1 Å². The molecule has 0 aromatic heterocycles. The Morgan fingerprint density at radius 1 is 1.21 bits per heavy atom. The Kier molecular flexibility index (Phi) is 4.81. The number of ether oxygens (including phenoxy) is 2. The Morgan fingerprint density at radius 2 is 1.74 bits per heavy atom. The highest BCUT2D eigenvalue weighted by Gasteiger charge is 2.39. The maximum atomic E-state index is 11.9. The number of hydrogen-bond acceptors (Lipinski definition) is 6. The van der Waals surface area contributed by atoms with Gasteiger partial charge in [0.25, 0.3) is 10.1 Å². The Bertz CT molecular complexity index is 427. The fourth-order valence-corrected chi connectivity index (χ4v) is 2.40. The van der Waals surface area contributed by atoms with Gasteiger partial charge < -0.3 is 14.4 Å². The van der Waals surface area contributed by atoms with Crippen LogP contribution in [0, 0.1) is 0 Å². The summed E-state index contributed by atoms with van der Waals surface area (Å²) in [7, 11) is -2.15. The van der Waals surface area contributed by atoms with Gasteiger partial charge in [0.1, 0.15) is 17.8 Å². The first-order chi connectivity index (χ1) is 8.52. The third-order valence-electron chi connectivity index (χ3n) is 2.47. The van der Waals surface area contributed by atoms with Crippen molar-refractivity contribution in [2.45, 2.75) is 38.6 Å². The summed E-state index contributed by atoms with van der Waals surface area (Å²) in [5.41, 5.74) is -0.602. The van der Waals surface area contributed by atoms with E-state index in [9.17, 15) is 13.2 Å². The lowest BCUT2D eigenvalue weighted by Gasteiger charge is -2.24. The van der Waals surface area contributed by atoms with Crippen LogP contribution in [0.4, 0.5) is 4.79 Å². The predicted octanol–water partition coefficient (Wildman–Crippen LogP) is 0.597. The van der Waals surface area contributed by atoms with E-state index < -0.39 is 34.0 Å². The van der Waals surface area contributed by atoms with Gasteiger partial charge in [0.05, 0.1) is 19.3 Å². The van der Waals surface area contributed by atoms with Crippen LogP contribution in [0.25, 0.3) is 0 Å². The van der Waals surface area contributed by atoms with Gasteiger partial charge in [0, 0.05) is 7.11 Å². The van der Waals surface area contributed by atoms with Crippen LogP contribution in [-0.2, 0) is 23.8 Å². The number of methoxy groups -OCH3 is 1. The minimum absolute atomic E-state index is 0.125. The molecule has 0 radical (unpaired) electrons. The van der Waals surface area contributed by atoms with E-state index in [2.05, 4.69) is 0 Å². The number of likely N-dealkylation sites (tertiary alicyclic amines) is 1. The van der Waals surface area contributed by atoms with Crippen molar-refractivity contribution in [3.05, 3.63) is 0 Å². The molecular weight excluding hydrogens is 274 g/mol. The molecule has 2 atom stereocenters. The molecular formula is C11H21NO6S. The average molecular weight is 295 g/mol. The molecule has 0 aliphatic carbocycles. The number of hydrogen-bond donors (Lipinski definition) is 0. The minimum Gasteiger partial charge on any atom is -0.444 e. The molecule has 0 bridgehead atoms. The number of rotatable bonds is 3. The van der Waals surface area contributed by atoms with E-state index in [0.717, 1.165) is 6.26 Å². The summed E-state index contributed by atoms with van der Waals surface area (Å²) in [4.78, 5) is 13.3. The summed E-state index contributed by atoms with van der Waals surface area (Å²) in [5, 5.41) is 0. The predicted molar refractivity (Wildman–Crippen MR) is 68.3 cm³/mol. The monoisotopic (exact) mass is 295 g/mol. The van der Waals surface area contributed by atoms with Crippen LogP contribution in [0.2, 0.25) is 0 Å². The molecule has 1 heterocycles. The van der Waals surface area contributed by atoms with E-state index in [1.54, 1.807) is 20.8 Å². The standard InChI is InChI=1S/C11H21NO6S/c1-11(2,3)17-10(13)12-6-8(16-4)9(7-12)18-19(5,14)15/h8-9H,6-7H2,1-5H3/t8-,9-/m1/s1. The highest BCUT2D eigenvalue weighted by Crippen LogP contribution is 2.20. The smallest absolute Gasteiger partial charge is 0.410 e. The molecule has 7 nitrogen and oxygen atoms in total. The molecule has 1 aliphatic heterocycles. The normalized spacial score (nSPS) is 24.6. The molecule has 112 valence electrons. The lowest BCUT2D eigenvalue weighted by molar-refractivity contribution is 0.0244. The van der Waals surface area contributed by atoms with Crippen LogP contribution in [0.15, 0.2) is 0 Å². The second-order valence-electron chi connectivity index (χ2n) is 5.50. The van der Waals surface area contributed by atoms with Gasteiger partial charge in [-0.2, -0.15) is 8.42 Å². The third kappa shape index (κ3) is 5.33. The molecule has 0 saturated carbocycles. The van der Waals surface area contributed by atoms with Crippen molar-refractivity contribution in [2.24, 2.45) is 0 Å². The minimum atomic E-state index is -3.59. The first kappa shape index (κ1) is 16.2. The molecule has 19 heavy (non-hydrogen) atoms. The Balaban J connectivity index is 2.69. The zero-order chi connectivity index (χ0) is 14.8. The molecule has 1 aliphatic rings. The van der Waals surface area contributed by atoms with Gasteiger partial charge in [-0.15, -0.1) is 0 Å². The van der Waals surface area contributed by atoms with Gasteiger partial charge in [-0.05, 0) is 20.8 Å². The van der Waals surface area contributed by atoms with Gasteiger partial charge in [-0.3, -0.25) is 4.18 Å². The zero-order valence-corrected chi connectivity index (χ0v) is 12.7. The topological polar surface area (TPSA) is 82.1 Å². The van der Waals surface area contributed by atoms with Gasteiger partial charge in [-0.25, -0.2) is 4.79 Å². The largest absolute Gasteiger partial charge is 0.444 e. The number of amides is 1. The van der Waals surface area contributed by atoms with E-state index in [1.165, 1.54) is 12.0 Å². The van der Waals surface area contributed by atoms with Crippen molar-refractivity contribution in [2.75, 3.05) is 26.5 Å². The van der Waals surface area contributed by atoms with Crippen molar-refractivity contribution in [1.29, 1.82) is 0 Å². The molecule has 0 aromatic carbocycles. The Morgan fingerprint density at radius 3 is 2.16 bits per heavy atom. The second kappa shape index (κ2) is 5.64. The Hall–Kier alpha value is -0.860. The van der Waals surface area contributed by atoms with Crippen LogP contribution in [-0.4, -0.2) is 63.7 Å². The van der Waals surface area contributed by atoms with Crippen LogP contribution >= 0.6 is 0 Å². The van der Waals surface area contributed by atoms with E-state index in [0.29, 0.717) is 0 Å². The van der Waals surface area contributed by atoms with Crippen LogP contribution in [0.3, 0.4) is 0 Å². The summed E-state index contributed by atoms with van der Waals surface area (Å²) in [5.74, 6) is 0. The van der Waals surface area contributed by atoms with Crippen molar-refractivity contribution in [3.63, 3.8) is 0 Å². The quantitative estimate of drug-likeness (QED) is 0.709. The van der Waals surface area contributed by atoms with Crippen LogP contribution in [0.1, 0.15) is 20.8 Å². The van der Waals surface area contributed by atoms with Crippen molar-refractivity contribution in [3.8, 4) is 0 Å². The first-order valence-corrected chi connectivity index (χ1v) is 7.72. The molecule has 0 N–H and O–H groups in total. The van der Waals surface area contributed by atoms with Crippen molar-refractivity contribution < 1.29 is 26.9 Å². The molecule has 0 unspecified atom stereocenters. The fourth-order valence-electron chi connectivity index (χ4n) is 1.76. The number of nitrogens with zero attached hydrogens (tertiary/aromatic N) is 1. The van der Waals surface area contributed by atoms with Gasteiger partial charge in [0.15, 0.2) is 0 Å². The maximum Gasteiger partial charge on any atom is 0.410 e. The second-order valence-corrected chi connectivity index (χ2v) is 7.10. The first-order valence-electron chi connectivity index (χ1n) is 5.91. The van der Waals surface area contributed by atoms with Crippen molar-refractivity contribution >= 4 is 16.2 Å². The summed E-state index contributed by atoms with van der Waals surface area (Å²) >= 11 is 0. The third-order valence-corrected chi connectivity index (χ3v) is 3.06. The van der Waals surface area contributed by atoms with Gasteiger partial charge in [-0.1, -0.05) is 0 Å². The van der Waals surface area contributed by atoms with Crippen molar-refractivity contribution in [1.82, 2.24) is 4.90 Å². The molecule has 1 amide bonds. The highest BCUT2D eigenvalue weighted by molar-refractivity contribution is 7.86. The molecule has 8 heteroatoms. The summed E-state index contributed by atoms with van der Waals surface area (Å²) in [6.45, 7) is 5.66. The highest BCUT2D eigenvalue weighted by atomic mass is 32.2. The van der Waals surface area contributed by atoms with Gasteiger partial charge in [0.2, 0.25) is 0 Å². The lowest BCUT2D eigenvalue weighted by Crippen LogP contribution is -2.36. The molecule has 1 fully saturated rings. The van der Waals surface area contributed by atoms with Crippen LogP contribution < -0.4 is 0 Å². The summed E-state index contributed by atoms with van der Waals surface area (Å²) in [6.07, 6.45) is -0.723. The molecule has 1 saturated heterocycles. The summed E-state index contributed by atoms with van der Waals surface area (Å²) < 4.78 is 37.6. The van der Waals surface area contributed by atoms with E-state index in [1.807, 2.05) is 0 Å². The SMILES string of the molecule is CO[C@@H]1CN(C(=O)OC(C)(C)C)C[C@H]1OS(C)(=O)=O. The van der Waals surface area contributed by atoms with Crippen LogP contribution in [0.5, 0.6) is 0 Å². The van der Waals surface area contributed by atoms with E-state index in [4.69, 9.17) is 13.7 Å². The van der Waals surface area contributed by atoms with E-state index >= 15 is 0 Å². The maximum absolute atomic E-state index is 11.9.